The Morgan fingerprint density at radius 2 is 2.11 bits per heavy atom. The fourth-order valence-electron chi connectivity index (χ4n) is 1.34. The average molecular weight is 305 g/mol. The van der Waals surface area contributed by atoms with E-state index in [1.165, 1.54) is 11.3 Å². The highest BCUT2D eigenvalue weighted by atomic mass is 35.5. The molecular formula is C13H21ClN2O2S. The number of urea groups is 1. The minimum Gasteiger partial charge on any atom is -0.388 e. The van der Waals surface area contributed by atoms with Crippen LogP contribution in [0.4, 0.5) is 4.79 Å². The summed E-state index contributed by atoms with van der Waals surface area (Å²) in [5.41, 5.74) is -0.910. The largest absolute Gasteiger partial charge is 0.388 e. The van der Waals surface area contributed by atoms with Crippen molar-refractivity contribution < 1.29 is 9.90 Å². The Hall–Kier alpha value is -0.780. The van der Waals surface area contributed by atoms with Gasteiger partial charge >= 0.3 is 6.03 Å². The Labute approximate surface area is 123 Å². The van der Waals surface area contributed by atoms with Crippen LogP contribution < -0.4 is 10.6 Å². The molecule has 2 unspecified atom stereocenters. The molecule has 0 aliphatic carbocycles. The molecular weight excluding hydrogens is 284 g/mol. The van der Waals surface area contributed by atoms with Crippen molar-refractivity contribution in [3.05, 3.63) is 21.3 Å². The first-order valence-corrected chi connectivity index (χ1v) is 7.44. The van der Waals surface area contributed by atoms with E-state index in [9.17, 15) is 9.90 Å². The van der Waals surface area contributed by atoms with E-state index in [0.717, 1.165) is 4.88 Å². The summed E-state index contributed by atoms with van der Waals surface area (Å²) in [4.78, 5) is 12.7. The van der Waals surface area contributed by atoms with E-state index in [1.807, 2.05) is 26.8 Å². The zero-order valence-electron chi connectivity index (χ0n) is 11.7. The van der Waals surface area contributed by atoms with Crippen LogP contribution in [0, 0.1) is 5.92 Å². The van der Waals surface area contributed by atoms with Gasteiger partial charge in [-0.3, -0.25) is 0 Å². The van der Waals surface area contributed by atoms with Gasteiger partial charge in [-0.25, -0.2) is 4.79 Å². The minimum absolute atomic E-state index is 0.0707. The van der Waals surface area contributed by atoms with Gasteiger partial charge in [0.2, 0.25) is 0 Å². The van der Waals surface area contributed by atoms with Crippen LogP contribution in [-0.4, -0.2) is 23.3 Å². The van der Waals surface area contributed by atoms with Gasteiger partial charge in [0.25, 0.3) is 0 Å². The second-order valence-electron chi connectivity index (χ2n) is 5.20. The minimum atomic E-state index is -0.910. The van der Waals surface area contributed by atoms with Crippen LogP contribution in [0.3, 0.4) is 0 Å². The van der Waals surface area contributed by atoms with Gasteiger partial charge in [0.1, 0.15) is 0 Å². The molecule has 19 heavy (non-hydrogen) atoms. The molecule has 0 fully saturated rings. The summed E-state index contributed by atoms with van der Waals surface area (Å²) >= 11 is 7.29. The van der Waals surface area contributed by atoms with Gasteiger partial charge < -0.3 is 15.7 Å². The number of carbonyl (C=O) groups excluding carboxylic acids is 1. The Balaban J connectivity index is 2.43. The molecule has 0 radical (unpaired) electrons. The van der Waals surface area contributed by atoms with E-state index in [2.05, 4.69) is 10.6 Å². The predicted molar refractivity (Wildman–Crippen MR) is 79.7 cm³/mol. The van der Waals surface area contributed by atoms with Gasteiger partial charge in [0, 0.05) is 11.4 Å². The molecule has 3 N–H and O–H groups in total. The summed E-state index contributed by atoms with van der Waals surface area (Å²) in [5, 5.41) is 15.5. The topological polar surface area (TPSA) is 61.4 Å². The van der Waals surface area contributed by atoms with Crippen molar-refractivity contribution in [3.8, 4) is 0 Å². The van der Waals surface area contributed by atoms with Crippen molar-refractivity contribution >= 4 is 29.0 Å². The molecule has 0 spiro atoms. The van der Waals surface area contributed by atoms with Crippen LogP contribution in [0.1, 0.15) is 38.6 Å². The van der Waals surface area contributed by atoms with Crippen molar-refractivity contribution in [3.63, 3.8) is 0 Å². The Bertz CT molecular complexity index is 432. The summed E-state index contributed by atoms with van der Waals surface area (Å²) in [7, 11) is 0. The van der Waals surface area contributed by atoms with Crippen molar-refractivity contribution in [2.24, 2.45) is 5.92 Å². The number of rotatable bonds is 5. The van der Waals surface area contributed by atoms with Crippen LogP contribution in [0.15, 0.2) is 12.1 Å². The molecule has 4 nitrogen and oxygen atoms in total. The maximum atomic E-state index is 11.7. The zero-order valence-corrected chi connectivity index (χ0v) is 13.2. The van der Waals surface area contributed by atoms with E-state index in [-0.39, 0.29) is 24.5 Å². The lowest BCUT2D eigenvalue weighted by molar-refractivity contribution is 0.0165. The maximum absolute atomic E-state index is 11.7. The highest BCUT2D eigenvalue weighted by Gasteiger charge is 2.25. The smallest absolute Gasteiger partial charge is 0.315 e. The first kappa shape index (κ1) is 16.3. The quantitative estimate of drug-likeness (QED) is 0.782. The molecule has 0 aliphatic heterocycles. The highest BCUT2D eigenvalue weighted by molar-refractivity contribution is 7.16. The number of aliphatic hydroxyl groups is 1. The Morgan fingerprint density at radius 1 is 1.47 bits per heavy atom. The van der Waals surface area contributed by atoms with Gasteiger partial charge in [0.15, 0.2) is 0 Å². The van der Waals surface area contributed by atoms with E-state index in [1.54, 1.807) is 13.0 Å². The monoisotopic (exact) mass is 304 g/mol. The number of nitrogens with one attached hydrogen (secondary N) is 2. The molecule has 0 saturated carbocycles. The van der Waals surface area contributed by atoms with Crippen LogP contribution in [0.5, 0.6) is 0 Å². The van der Waals surface area contributed by atoms with Crippen molar-refractivity contribution in [2.75, 3.05) is 6.54 Å². The van der Waals surface area contributed by atoms with Gasteiger partial charge in [-0.2, -0.15) is 0 Å². The molecule has 108 valence electrons. The molecule has 2 amide bonds. The van der Waals surface area contributed by atoms with Crippen LogP contribution >= 0.6 is 22.9 Å². The maximum Gasteiger partial charge on any atom is 0.315 e. The SMILES string of the molecule is CC(NC(=O)NCC(C)(O)C(C)C)c1ccc(Cl)s1. The number of hydrogen-bond acceptors (Lipinski definition) is 3. The number of hydrogen-bond donors (Lipinski definition) is 3. The summed E-state index contributed by atoms with van der Waals surface area (Å²) in [6, 6.07) is 3.29. The fraction of sp³-hybridized carbons (Fsp3) is 0.615. The fourth-order valence-corrected chi connectivity index (χ4v) is 2.41. The van der Waals surface area contributed by atoms with Crippen LogP contribution in [0.25, 0.3) is 0 Å². The van der Waals surface area contributed by atoms with Crippen molar-refractivity contribution in [1.29, 1.82) is 0 Å². The van der Waals surface area contributed by atoms with Gasteiger partial charge in [0.05, 0.1) is 16.0 Å². The Kier molecular flexibility index (Phi) is 5.64. The summed E-state index contributed by atoms with van der Waals surface area (Å²) in [6.45, 7) is 7.64. The second kappa shape index (κ2) is 6.59. The molecule has 1 aromatic rings. The standard InChI is InChI=1S/C13H21ClN2O2S/c1-8(2)13(4,18)7-15-12(17)16-9(3)10-5-6-11(14)19-10/h5-6,8-9,18H,7H2,1-4H3,(H2,15,16,17). The molecule has 0 bridgehead atoms. The lowest BCUT2D eigenvalue weighted by Crippen LogP contribution is -2.47. The normalized spacial score (nSPS) is 15.9. The molecule has 1 heterocycles. The molecule has 1 aromatic heterocycles. The predicted octanol–water partition coefficient (Wildman–Crippen LogP) is 3.17. The van der Waals surface area contributed by atoms with E-state index >= 15 is 0 Å². The van der Waals surface area contributed by atoms with Crippen molar-refractivity contribution in [2.45, 2.75) is 39.3 Å². The third kappa shape index (κ3) is 5.01. The number of thiophene rings is 1. The molecule has 0 aliphatic rings. The van der Waals surface area contributed by atoms with E-state index < -0.39 is 5.60 Å². The summed E-state index contributed by atoms with van der Waals surface area (Å²) in [6.07, 6.45) is 0. The lowest BCUT2D eigenvalue weighted by atomic mass is 9.93. The third-order valence-electron chi connectivity index (χ3n) is 3.22. The first-order chi connectivity index (χ1) is 8.72. The summed E-state index contributed by atoms with van der Waals surface area (Å²) in [5.74, 6) is 0.0707. The number of carbonyl (C=O) groups is 1. The highest BCUT2D eigenvalue weighted by Crippen LogP contribution is 2.26. The van der Waals surface area contributed by atoms with Crippen LogP contribution in [-0.2, 0) is 0 Å². The lowest BCUT2D eigenvalue weighted by Gasteiger charge is -2.28. The van der Waals surface area contributed by atoms with E-state index in [0.29, 0.717) is 4.34 Å². The third-order valence-corrected chi connectivity index (χ3v) is 4.63. The molecule has 0 saturated heterocycles. The van der Waals surface area contributed by atoms with Gasteiger partial charge in [-0.1, -0.05) is 25.4 Å². The van der Waals surface area contributed by atoms with Crippen molar-refractivity contribution in [1.82, 2.24) is 10.6 Å². The average Bonchev–Trinajstić information content (AvgIpc) is 2.73. The molecule has 0 aromatic carbocycles. The number of halogens is 1. The van der Waals surface area contributed by atoms with Gasteiger partial charge in [-0.15, -0.1) is 11.3 Å². The summed E-state index contributed by atoms with van der Waals surface area (Å²) < 4.78 is 0.701. The number of amides is 2. The second-order valence-corrected chi connectivity index (χ2v) is 6.95. The zero-order chi connectivity index (χ0) is 14.6. The van der Waals surface area contributed by atoms with Crippen LogP contribution in [0.2, 0.25) is 4.34 Å². The van der Waals surface area contributed by atoms with E-state index in [4.69, 9.17) is 11.6 Å². The molecule has 6 heteroatoms. The molecule has 2 atom stereocenters. The molecule has 1 rings (SSSR count). The first-order valence-electron chi connectivity index (χ1n) is 6.24. The van der Waals surface area contributed by atoms with Gasteiger partial charge in [-0.05, 0) is 31.9 Å². The Morgan fingerprint density at radius 3 is 2.58 bits per heavy atom.